The molecule has 0 atom stereocenters. The summed E-state index contributed by atoms with van der Waals surface area (Å²) >= 11 is 0. The molecule has 0 saturated carbocycles. The highest BCUT2D eigenvalue weighted by molar-refractivity contribution is 5.33. The lowest BCUT2D eigenvalue weighted by atomic mass is 10.2. The standard InChI is InChI=1S/C25H38N2O/c1-3-5-18-27(19-6-4-2)20-12-17-26-21-24-15-10-11-16-25(24)28-22-23-13-8-7-9-14-23/h7-11,13-16,26H,3-6,12,17-22H2,1-2H3. The fourth-order valence-electron chi connectivity index (χ4n) is 3.28. The van der Waals surface area contributed by atoms with Crippen molar-refractivity contribution in [3.8, 4) is 5.75 Å². The van der Waals surface area contributed by atoms with E-state index >= 15 is 0 Å². The molecule has 154 valence electrons. The van der Waals surface area contributed by atoms with Crippen molar-refractivity contribution in [2.24, 2.45) is 0 Å². The van der Waals surface area contributed by atoms with Gasteiger partial charge in [0.25, 0.3) is 0 Å². The zero-order chi connectivity index (χ0) is 19.9. The molecule has 0 aromatic heterocycles. The Hall–Kier alpha value is -1.84. The Labute approximate surface area is 172 Å². The van der Waals surface area contributed by atoms with Crippen molar-refractivity contribution in [3.63, 3.8) is 0 Å². The Morgan fingerprint density at radius 3 is 2.14 bits per heavy atom. The molecule has 0 radical (unpaired) electrons. The summed E-state index contributed by atoms with van der Waals surface area (Å²) in [4.78, 5) is 2.63. The second kappa shape index (κ2) is 14.2. The lowest BCUT2D eigenvalue weighted by Gasteiger charge is -2.22. The average molecular weight is 383 g/mol. The van der Waals surface area contributed by atoms with Gasteiger partial charge in [-0.05, 0) is 57.1 Å². The molecule has 28 heavy (non-hydrogen) atoms. The molecule has 0 aliphatic heterocycles. The van der Waals surface area contributed by atoms with Gasteiger partial charge in [0, 0.05) is 12.1 Å². The third-order valence-electron chi connectivity index (χ3n) is 5.01. The van der Waals surface area contributed by atoms with Crippen LogP contribution in [0.2, 0.25) is 0 Å². The van der Waals surface area contributed by atoms with Crippen molar-refractivity contribution < 1.29 is 4.74 Å². The molecule has 0 aliphatic rings. The normalized spacial score (nSPS) is 11.1. The second-order valence-corrected chi connectivity index (χ2v) is 7.46. The summed E-state index contributed by atoms with van der Waals surface area (Å²) in [6.07, 6.45) is 6.37. The molecule has 3 nitrogen and oxygen atoms in total. The van der Waals surface area contributed by atoms with Crippen LogP contribution in [-0.2, 0) is 13.2 Å². The number of nitrogens with one attached hydrogen (secondary N) is 1. The molecular weight excluding hydrogens is 344 g/mol. The van der Waals surface area contributed by atoms with E-state index in [0.29, 0.717) is 6.61 Å². The first-order valence-corrected chi connectivity index (χ1v) is 11.0. The van der Waals surface area contributed by atoms with Crippen LogP contribution in [-0.4, -0.2) is 31.1 Å². The number of benzene rings is 2. The van der Waals surface area contributed by atoms with Gasteiger partial charge in [0.1, 0.15) is 12.4 Å². The maximum atomic E-state index is 6.06. The molecule has 0 saturated heterocycles. The lowest BCUT2D eigenvalue weighted by molar-refractivity contribution is 0.260. The molecular formula is C25H38N2O. The van der Waals surface area contributed by atoms with Crippen molar-refractivity contribution in [1.29, 1.82) is 0 Å². The van der Waals surface area contributed by atoms with Crippen molar-refractivity contribution in [2.75, 3.05) is 26.2 Å². The number of hydrogen-bond acceptors (Lipinski definition) is 3. The van der Waals surface area contributed by atoms with E-state index < -0.39 is 0 Å². The third kappa shape index (κ3) is 8.90. The SMILES string of the molecule is CCCCN(CCCC)CCCNCc1ccccc1OCc1ccccc1. The topological polar surface area (TPSA) is 24.5 Å². The van der Waals surface area contributed by atoms with Gasteiger partial charge < -0.3 is 15.0 Å². The van der Waals surface area contributed by atoms with Gasteiger partial charge in [-0.2, -0.15) is 0 Å². The molecule has 0 fully saturated rings. The molecule has 3 heteroatoms. The summed E-state index contributed by atoms with van der Waals surface area (Å²) in [7, 11) is 0. The molecule has 0 heterocycles. The van der Waals surface area contributed by atoms with Crippen molar-refractivity contribution in [3.05, 3.63) is 65.7 Å². The van der Waals surface area contributed by atoms with Crippen LogP contribution in [0.5, 0.6) is 5.75 Å². The molecule has 0 spiro atoms. The first-order valence-electron chi connectivity index (χ1n) is 11.0. The molecule has 2 rings (SSSR count). The summed E-state index contributed by atoms with van der Waals surface area (Å²) in [5.74, 6) is 0.978. The Bertz CT molecular complexity index is 621. The van der Waals surface area contributed by atoms with Crippen LogP contribution in [0.1, 0.15) is 57.1 Å². The molecule has 1 N–H and O–H groups in total. The minimum Gasteiger partial charge on any atom is -0.489 e. The van der Waals surface area contributed by atoms with Gasteiger partial charge in [0.05, 0.1) is 0 Å². The van der Waals surface area contributed by atoms with Crippen LogP contribution < -0.4 is 10.1 Å². The van der Waals surface area contributed by atoms with Crippen molar-refractivity contribution in [2.45, 2.75) is 59.1 Å². The molecule has 0 unspecified atom stereocenters. The van der Waals surface area contributed by atoms with Crippen LogP contribution in [0.4, 0.5) is 0 Å². The van der Waals surface area contributed by atoms with E-state index in [0.717, 1.165) is 18.8 Å². The summed E-state index contributed by atoms with van der Waals surface area (Å²) in [6, 6.07) is 18.7. The fourth-order valence-corrected chi connectivity index (χ4v) is 3.28. The number of nitrogens with zero attached hydrogens (tertiary/aromatic N) is 1. The van der Waals surface area contributed by atoms with Crippen LogP contribution >= 0.6 is 0 Å². The Morgan fingerprint density at radius 1 is 0.786 bits per heavy atom. The summed E-state index contributed by atoms with van der Waals surface area (Å²) in [5.41, 5.74) is 2.43. The predicted molar refractivity (Wildman–Crippen MR) is 120 cm³/mol. The minimum absolute atomic E-state index is 0.613. The Morgan fingerprint density at radius 2 is 1.43 bits per heavy atom. The van der Waals surface area contributed by atoms with E-state index in [-0.39, 0.29) is 0 Å². The number of para-hydroxylation sites is 1. The minimum atomic E-state index is 0.613. The van der Waals surface area contributed by atoms with E-state index in [9.17, 15) is 0 Å². The van der Waals surface area contributed by atoms with Gasteiger partial charge in [0.15, 0.2) is 0 Å². The van der Waals surface area contributed by atoms with E-state index in [4.69, 9.17) is 4.74 Å². The van der Waals surface area contributed by atoms with E-state index in [1.54, 1.807) is 0 Å². The fraction of sp³-hybridized carbons (Fsp3) is 0.520. The highest BCUT2D eigenvalue weighted by Crippen LogP contribution is 2.19. The Kier molecular flexibility index (Phi) is 11.4. The van der Waals surface area contributed by atoms with Crippen LogP contribution in [0.25, 0.3) is 0 Å². The van der Waals surface area contributed by atoms with E-state index in [2.05, 4.69) is 66.5 Å². The van der Waals surface area contributed by atoms with Crippen LogP contribution in [0.3, 0.4) is 0 Å². The maximum Gasteiger partial charge on any atom is 0.124 e. The summed E-state index contributed by atoms with van der Waals surface area (Å²) in [6.45, 7) is 10.7. The van der Waals surface area contributed by atoms with Gasteiger partial charge in [-0.3, -0.25) is 0 Å². The maximum absolute atomic E-state index is 6.06. The zero-order valence-corrected chi connectivity index (χ0v) is 17.8. The Balaban J connectivity index is 1.72. The second-order valence-electron chi connectivity index (χ2n) is 7.46. The first kappa shape index (κ1) is 22.4. The lowest BCUT2D eigenvalue weighted by Crippen LogP contribution is -2.29. The number of ether oxygens (including phenoxy) is 1. The average Bonchev–Trinajstić information content (AvgIpc) is 2.74. The van der Waals surface area contributed by atoms with Gasteiger partial charge in [-0.25, -0.2) is 0 Å². The van der Waals surface area contributed by atoms with Gasteiger partial charge in [-0.1, -0.05) is 75.2 Å². The van der Waals surface area contributed by atoms with Crippen molar-refractivity contribution >= 4 is 0 Å². The predicted octanol–water partition coefficient (Wildman–Crippen LogP) is 5.65. The molecule has 2 aromatic carbocycles. The summed E-state index contributed by atoms with van der Waals surface area (Å²) < 4.78 is 6.06. The van der Waals surface area contributed by atoms with Crippen molar-refractivity contribution in [1.82, 2.24) is 10.2 Å². The smallest absolute Gasteiger partial charge is 0.124 e. The first-order chi connectivity index (χ1) is 13.8. The summed E-state index contributed by atoms with van der Waals surface area (Å²) in [5, 5.41) is 3.60. The van der Waals surface area contributed by atoms with E-state index in [1.807, 2.05) is 12.1 Å². The van der Waals surface area contributed by atoms with Gasteiger partial charge in [-0.15, -0.1) is 0 Å². The molecule has 0 amide bonds. The monoisotopic (exact) mass is 382 g/mol. The van der Waals surface area contributed by atoms with E-state index in [1.165, 1.54) is 62.9 Å². The number of unbranched alkanes of at least 4 members (excludes halogenated alkanes) is 2. The molecule has 2 aromatic rings. The molecule has 0 aliphatic carbocycles. The number of hydrogen-bond donors (Lipinski definition) is 1. The largest absolute Gasteiger partial charge is 0.489 e. The highest BCUT2D eigenvalue weighted by atomic mass is 16.5. The zero-order valence-electron chi connectivity index (χ0n) is 17.8. The van der Waals surface area contributed by atoms with Crippen LogP contribution in [0, 0.1) is 0 Å². The number of rotatable bonds is 15. The van der Waals surface area contributed by atoms with Gasteiger partial charge in [0.2, 0.25) is 0 Å². The third-order valence-corrected chi connectivity index (χ3v) is 5.01. The van der Waals surface area contributed by atoms with Crippen LogP contribution in [0.15, 0.2) is 54.6 Å². The quantitative estimate of drug-likeness (QED) is 0.403. The molecule has 0 bridgehead atoms. The highest BCUT2D eigenvalue weighted by Gasteiger charge is 2.05. The van der Waals surface area contributed by atoms with Gasteiger partial charge >= 0.3 is 0 Å².